The van der Waals surface area contributed by atoms with Gasteiger partial charge in [-0.15, -0.1) is 0 Å². The standard InChI is InChI=1S/C24H27N5O4/c1-14(2)10-21-26-18-9-6-16(11-19(18)27-21)25-22(30)12-20-23(31)29(24(32)28-20)13-15-4-7-17(33-3)8-5-15/h4-9,11,14,20H,10,12-13H2,1-3H3,(H,25,30)(H,26,27)(H,28,32)/t20-/m1/s1. The van der Waals surface area contributed by atoms with Crippen molar-refractivity contribution in [2.24, 2.45) is 5.92 Å². The van der Waals surface area contributed by atoms with Crippen LogP contribution >= 0.6 is 0 Å². The Balaban J connectivity index is 1.37. The molecule has 0 saturated carbocycles. The highest BCUT2D eigenvalue weighted by atomic mass is 16.5. The van der Waals surface area contributed by atoms with E-state index in [4.69, 9.17) is 4.74 Å². The number of rotatable bonds is 8. The summed E-state index contributed by atoms with van der Waals surface area (Å²) in [7, 11) is 1.57. The number of nitrogens with one attached hydrogen (secondary N) is 3. The number of nitrogens with zero attached hydrogens (tertiary/aromatic N) is 2. The molecule has 3 N–H and O–H groups in total. The monoisotopic (exact) mass is 449 g/mol. The topological polar surface area (TPSA) is 116 Å². The van der Waals surface area contributed by atoms with Gasteiger partial charge >= 0.3 is 6.03 Å². The second kappa shape index (κ2) is 9.32. The van der Waals surface area contributed by atoms with Crippen LogP contribution in [0.2, 0.25) is 0 Å². The number of imide groups is 1. The Kier molecular flexibility index (Phi) is 6.30. The van der Waals surface area contributed by atoms with Crippen molar-refractivity contribution in [3.8, 4) is 5.75 Å². The number of amides is 4. The Labute approximate surface area is 191 Å². The number of fused-ring (bicyclic) bond motifs is 1. The van der Waals surface area contributed by atoms with Crippen LogP contribution in [0.5, 0.6) is 5.75 Å². The first-order chi connectivity index (χ1) is 15.8. The van der Waals surface area contributed by atoms with E-state index in [2.05, 4.69) is 34.4 Å². The molecule has 172 valence electrons. The summed E-state index contributed by atoms with van der Waals surface area (Å²) in [4.78, 5) is 46.6. The van der Waals surface area contributed by atoms with Crippen LogP contribution in [0.1, 0.15) is 31.7 Å². The van der Waals surface area contributed by atoms with Gasteiger partial charge in [0.05, 0.1) is 31.1 Å². The molecule has 33 heavy (non-hydrogen) atoms. The number of hydrogen-bond acceptors (Lipinski definition) is 5. The summed E-state index contributed by atoms with van der Waals surface area (Å²) < 4.78 is 5.12. The molecular weight excluding hydrogens is 422 g/mol. The van der Waals surface area contributed by atoms with Crippen molar-refractivity contribution in [1.82, 2.24) is 20.2 Å². The molecule has 0 spiro atoms. The van der Waals surface area contributed by atoms with Gasteiger partial charge in [-0.1, -0.05) is 26.0 Å². The molecule has 9 heteroatoms. The van der Waals surface area contributed by atoms with Crippen molar-refractivity contribution in [3.05, 3.63) is 53.9 Å². The summed E-state index contributed by atoms with van der Waals surface area (Å²) >= 11 is 0. The number of H-pyrrole nitrogens is 1. The van der Waals surface area contributed by atoms with E-state index in [1.54, 1.807) is 37.4 Å². The highest BCUT2D eigenvalue weighted by molar-refractivity contribution is 6.07. The predicted molar refractivity (Wildman–Crippen MR) is 124 cm³/mol. The largest absolute Gasteiger partial charge is 0.497 e. The number of carbonyl (C=O) groups is 3. The molecule has 2 aromatic carbocycles. The number of carbonyl (C=O) groups excluding carboxylic acids is 3. The second-order valence-electron chi connectivity index (χ2n) is 8.54. The first-order valence-electron chi connectivity index (χ1n) is 10.9. The molecular formula is C24H27N5O4. The van der Waals surface area contributed by atoms with Crippen LogP contribution in [-0.2, 0) is 22.6 Å². The maximum absolute atomic E-state index is 12.7. The van der Waals surface area contributed by atoms with Crippen LogP contribution in [0.25, 0.3) is 11.0 Å². The first-order valence-corrected chi connectivity index (χ1v) is 10.9. The van der Waals surface area contributed by atoms with Crippen LogP contribution in [0.4, 0.5) is 10.5 Å². The van der Waals surface area contributed by atoms with Crippen LogP contribution in [-0.4, -0.2) is 45.9 Å². The number of methoxy groups -OCH3 is 1. The Morgan fingerprint density at radius 2 is 1.94 bits per heavy atom. The molecule has 0 aliphatic carbocycles. The minimum absolute atomic E-state index is 0.127. The van der Waals surface area contributed by atoms with Crippen molar-refractivity contribution in [2.45, 2.75) is 39.3 Å². The lowest BCUT2D eigenvalue weighted by Gasteiger charge is -2.13. The molecule has 0 radical (unpaired) electrons. The molecule has 0 unspecified atom stereocenters. The Hall–Kier alpha value is -3.88. The third kappa shape index (κ3) is 5.14. The zero-order valence-corrected chi connectivity index (χ0v) is 18.8. The van der Waals surface area contributed by atoms with E-state index >= 15 is 0 Å². The first kappa shape index (κ1) is 22.3. The van der Waals surface area contributed by atoms with E-state index in [-0.39, 0.29) is 18.9 Å². The van der Waals surface area contributed by atoms with Gasteiger partial charge in [-0.05, 0) is 41.8 Å². The average Bonchev–Trinajstić information content (AvgIpc) is 3.28. The summed E-state index contributed by atoms with van der Waals surface area (Å²) in [5.74, 6) is 1.29. The maximum atomic E-state index is 12.7. The fourth-order valence-electron chi connectivity index (χ4n) is 3.80. The van der Waals surface area contributed by atoms with Crippen molar-refractivity contribution < 1.29 is 19.1 Å². The summed E-state index contributed by atoms with van der Waals surface area (Å²) in [5, 5.41) is 5.40. The Bertz CT molecular complexity index is 1190. The van der Waals surface area contributed by atoms with Gasteiger partial charge in [-0.2, -0.15) is 0 Å². The summed E-state index contributed by atoms with van der Waals surface area (Å²) in [6.07, 6.45) is 0.691. The quantitative estimate of drug-likeness (QED) is 0.457. The van der Waals surface area contributed by atoms with E-state index in [1.807, 2.05) is 12.1 Å². The van der Waals surface area contributed by atoms with Crippen LogP contribution in [0.3, 0.4) is 0 Å². The molecule has 0 bridgehead atoms. The average molecular weight is 450 g/mol. The van der Waals surface area contributed by atoms with E-state index < -0.39 is 18.0 Å². The van der Waals surface area contributed by atoms with Crippen LogP contribution < -0.4 is 15.4 Å². The second-order valence-corrected chi connectivity index (χ2v) is 8.54. The van der Waals surface area contributed by atoms with Crippen LogP contribution in [0.15, 0.2) is 42.5 Å². The molecule has 1 fully saturated rings. The molecule has 2 heterocycles. The predicted octanol–water partition coefficient (Wildman–Crippen LogP) is 3.22. The van der Waals surface area contributed by atoms with Crippen molar-refractivity contribution in [2.75, 3.05) is 12.4 Å². The molecule has 1 aliphatic heterocycles. The highest BCUT2D eigenvalue weighted by Gasteiger charge is 2.39. The Morgan fingerprint density at radius 3 is 2.64 bits per heavy atom. The molecule has 1 atom stereocenters. The number of imidazole rings is 1. The summed E-state index contributed by atoms with van der Waals surface area (Å²) in [6, 6.07) is 11.1. The van der Waals surface area contributed by atoms with Gasteiger partial charge in [0.15, 0.2) is 0 Å². The number of benzene rings is 2. The molecule has 1 saturated heterocycles. The smallest absolute Gasteiger partial charge is 0.325 e. The third-order valence-corrected chi connectivity index (χ3v) is 5.41. The highest BCUT2D eigenvalue weighted by Crippen LogP contribution is 2.20. The van der Waals surface area contributed by atoms with E-state index in [0.717, 1.165) is 33.7 Å². The van der Waals surface area contributed by atoms with Gasteiger partial charge in [0.1, 0.15) is 17.6 Å². The summed E-state index contributed by atoms with van der Waals surface area (Å²) in [6.45, 7) is 4.38. The molecule has 1 aliphatic rings. The number of aromatic nitrogens is 2. The van der Waals surface area contributed by atoms with E-state index in [0.29, 0.717) is 17.4 Å². The van der Waals surface area contributed by atoms with Gasteiger partial charge in [0.2, 0.25) is 5.91 Å². The molecule has 1 aromatic heterocycles. The van der Waals surface area contributed by atoms with Crippen molar-refractivity contribution in [1.29, 1.82) is 0 Å². The van der Waals surface area contributed by atoms with Crippen LogP contribution in [0, 0.1) is 5.92 Å². The fraction of sp³-hybridized carbons (Fsp3) is 0.333. The molecule has 9 nitrogen and oxygen atoms in total. The third-order valence-electron chi connectivity index (χ3n) is 5.41. The lowest BCUT2D eigenvalue weighted by atomic mass is 10.1. The van der Waals surface area contributed by atoms with Gasteiger partial charge < -0.3 is 20.4 Å². The van der Waals surface area contributed by atoms with Crippen molar-refractivity contribution in [3.63, 3.8) is 0 Å². The number of aromatic amines is 1. The maximum Gasteiger partial charge on any atom is 0.325 e. The minimum Gasteiger partial charge on any atom is -0.497 e. The van der Waals surface area contributed by atoms with Gasteiger partial charge in [-0.25, -0.2) is 9.78 Å². The number of hydrogen-bond donors (Lipinski definition) is 3. The minimum atomic E-state index is -0.899. The van der Waals surface area contributed by atoms with Crippen molar-refractivity contribution >= 4 is 34.6 Å². The van der Waals surface area contributed by atoms with E-state index in [9.17, 15) is 14.4 Å². The summed E-state index contributed by atoms with van der Waals surface area (Å²) in [5.41, 5.74) is 3.05. The fourth-order valence-corrected chi connectivity index (χ4v) is 3.80. The molecule has 4 rings (SSSR count). The lowest BCUT2D eigenvalue weighted by Crippen LogP contribution is -2.34. The Morgan fingerprint density at radius 1 is 1.18 bits per heavy atom. The number of ether oxygens (including phenoxy) is 1. The molecule has 3 aromatic rings. The SMILES string of the molecule is COc1ccc(CN2C(=O)N[C@H](CC(=O)Nc3ccc4nc(CC(C)C)[nH]c4c3)C2=O)cc1. The zero-order valence-electron chi connectivity index (χ0n) is 18.8. The van der Waals surface area contributed by atoms with Gasteiger partial charge in [-0.3, -0.25) is 14.5 Å². The lowest BCUT2D eigenvalue weighted by molar-refractivity contribution is -0.130. The van der Waals surface area contributed by atoms with E-state index in [1.165, 1.54) is 0 Å². The number of urea groups is 1. The van der Waals surface area contributed by atoms with Gasteiger partial charge in [0, 0.05) is 12.1 Å². The van der Waals surface area contributed by atoms with Gasteiger partial charge in [0.25, 0.3) is 5.91 Å². The zero-order chi connectivity index (χ0) is 23.5. The normalized spacial score (nSPS) is 15.9. The number of anilines is 1. The molecule has 4 amide bonds.